The molecule has 3 nitrogen and oxygen atoms in total. The molecule has 0 amide bonds. The number of benzene rings is 5. The number of hydrogen-bond donors (Lipinski definition) is 0. The first-order valence-electron chi connectivity index (χ1n) is 13.0. The highest BCUT2D eigenvalue weighted by Gasteiger charge is 2.39. The van der Waals surface area contributed by atoms with Gasteiger partial charge in [0.15, 0.2) is 10.9 Å². The third kappa shape index (κ3) is 2.53. The molecule has 0 radical (unpaired) electrons. The fraction of sp³-hybridized carbons (Fsp3) is 0.0857. The number of pyridine rings is 2. The van der Waals surface area contributed by atoms with Gasteiger partial charge in [-0.1, -0.05) is 78.9 Å². The molecule has 0 aliphatic heterocycles. The summed E-state index contributed by atoms with van der Waals surface area (Å²) >= 11 is 0. The van der Waals surface area contributed by atoms with Crippen LogP contribution in [0.4, 0.5) is 0 Å². The van der Waals surface area contributed by atoms with E-state index in [1.54, 1.807) is 0 Å². The smallest absolute Gasteiger partial charge is 0.197 e. The highest BCUT2D eigenvalue weighted by atomic mass is 16.1. The lowest BCUT2D eigenvalue weighted by Crippen LogP contribution is -2.32. The molecule has 3 heteroatoms. The van der Waals surface area contributed by atoms with Crippen molar-refractivity contribution in [3.63, 3.8) is 0 Å². The normalized spacial score (nSPS) is 16.8. The van der Waals surface area contributed by atoms with Crippen molar-refractivity contribution in [2.45, 2.75) is 18.8 Å². The molecule has 7 aromatic rings. The van der Waals surface area contributed by atoms with E-state index in [9.17, 15) is 9.59 Å². The van der Waals surface area contributed by atoms with Crippen molar-refractivity contribution in [3.8, 4) is 0 Å². The summed E-state index contributed by atoms with van der Waals surface area (Å²) in [7, 11) is 0. The number of nitrogens with zero attached hydrogens (tertiary/aromatic N) is 1. The predicted molar refractivity (Wildman–Crippen MR) is 155 cm³/mol. The van der Waals surface area contributed by atoms with E-state index in [1.165, 1.54) is 22.3 Å². The average Bonchev–Trinajstić information content (AvgIpc) is 2.97. The number of para-hydroxylation sites is 2. The van der Waals surface area contributed by atoms with Crippen LogP contribution in [0, 0.1) is 0 Å². The van der Waals surface area contributed by atoms with Crippen molar-refractivity contribution in [2.24, 2.45) is 0 Å². The van der Waals surface area contributed by atoms with Crippen LogP contribution < -0.4 is 10.9 Å². The highest BCUT2D eigenvalue weighted by molar-refractivity contribution is 6.08. The molecule has 0 saturated heterocycles. The van der Waals surface area contributed by atoms with Gasteiger partial charge in [0.2, 0.25) is 0 Å². The summed E-state index contributed by atoms with van der Waals surface area (Å²) in [4.78, 5) is 27.6. The summed E-state index contributed by atoms with van der Waals surface area (Å²) in [6, 6.07) is 36.7. The third-order valence-corrected chi connectivity index (χ3v) is 8.70. The van der Waals surface area contributed by atoms with E-state index >= 15 is 0 Å². The van der Waals surface area contributed by atoms with Gasteiger partial charge in [0.1, 0.15) is 0 Å². The molecule has 0 fully saturated rings. The summed E-state index contributed by atoms with van der Waals surface area (Å²) in [5.74, 6) is 0. The van der Waals surface area contributed by atoms with Crippen LogP contribution in [0.5, 0.6) is 0 Å². The van der Waals surface area contributed by atoms with Crippen molar-refractivity contribution < 1.29 is 0 Å². The summed E-state index contributed by atoms with van der Waals surface area (Å²) in [6.07, 6.45) is 0.717. The summed E-state index contributed by atoms with van der Waals surface area (Å²) in [6.45, 7) is 2.29. The van der Waals surface area contributed by atoms with Crippen LogP contribution in [0.2, 0.25) is 0 Å². The largest absolute Gasteiger partial charge is 0.307 e. The maximum absolute atomic E-state index is 14.0. The van der Waals surface area contributed by atoms with Gasteiger partial charge in [0.05, 0.1) is 16.6 Å². The van der Waals surface area contributed by atoms with Gasteiger partial charge in [-0.15, -0.1) is 0 Å². The van der Waals surface area contributed by atoms with Gasteiger partial charge in [0, 0.05) is 33.4 Å². The van der Waals surface area contributed by atoms with E-state index in [0.29, 0.717) is 33.5 Å². The molecule has 5 aromatic carbocycles. The van der Waals surface area contributed by atoms with Crippen molar-refractivity contribution >= 4 is 38.1 Å². The van der Waals surface area contributed by atoms with Gasteiger partial charge in [-0.25, -0.2) is 0 Å². The SMILES string of the molecule is CC1(c2ccccc2)c2ccccc2Cc2c1ccc1c(=O)c3cccc4c(=O)c5ccccc5n(c21)c43. The maximum atomic E-state index is 14.0. The Hall–Kier alpha value is -4.76. The van der Waals surface area contributed by atoms with Crippen molar-refractivity contribution in [2.75, 3.05) is 0 Å². The molecular weight excluding hydrogens is 466 g/mol. The van der Waals surface area contributed by atoms with Gasteiger partial charge in [-0.05, 0) is 65.1 Å². The zero-order chi connectivity index (χ0) is 25.6. The molecule has 0 bridgehead atoms. The number of aromatic nitrogens is 1. The molecule has 180 valence electrons. The Labute approximate surface area is 218 Å². The quantitative estimate of drug-likeness (QED) is 0.188. The minimum atomic E-state index is -0.394. The van der Waals surface area contributed by atoms with Crippen molar-refractivity contribution in [3.05, 3.63) is 157 Å². The van der Waals surface area contributed by atoms with Crippen molar-refractivity contribution in [1.29, 1.82) is 0 Å². The van der Waals surface area contributed by atoms with Gasteiger partial charge < -0.3 is 4.40 Å². The fourth-order valence-electron chi connectivity index (χ4n) is 6.96. The molecule has 8 rings (SSSR count). The summed E-state index contributed by atoms with van der Waals surface area (Å²) < 4.78 is 2.19. The molecule has 38 heavy (non-hydrogen) atoms. The zero-order valence-corrected chi connectivity index (χ0v) is 20.9. The lowest BCUT2D eigenvalue weighted by atomic mass is 9.64. The lowest BCUT2D eigenvalue weighted by molar-refractivity contribution is 0.659. The first kappa shape index (κ1) is 21.3. The minimum Gasteiger partial charge on any atom is -0.307 e. The highest BCUT2D eigenvalue weighted by Crippen LogP contribution is 2.48. The first-order chi connectivity index (χ1) is 18.6. The second kappa shape index (κ2) is 7.39. The molecule has 1 aliphatic carbocycles. The standard InChI is InChI=1S/C35H23NO2/c1-35(22-11-3-2-4-12-22)28-16-7-5-10-21(28)20-27-29(35)19-18-26-32(27)36-30-17-8-6-13-23(30)33(37)24-14-9-15-25(31(24)36)34(26)38/h2-19H,20H2,1H3. The van der Waals surface area contributed by atoms with Crippen LogP contribution in [-0.2, 0) is 11.8 Å². The fourth-order valence-corrected chi connectivity index (χ4v) is 6.96. The molecule has 2 aromatic heterocycles. The van der Waals surface area contributed by atoms with E-state index in [1.807, 2.05) is 54.6 Å². The predicted octanol–water partition coefficient (Wildman–Crippen LogP) is 6.82. The van der Waals surface area contributed by atoms with E-state index in [0.717, 1.165) is 16.6 Å². The average molecular weight is 490 g/mol. The van der Waals surface area contributed by atoms with Crippen molar-refractivity contribution in [1.82, 2.24) is 4.40 Å². The van der Waals surface area contributed by atoms with Gasteiger partial charge in [-0.3, -0.25) is 9.59 Å². The molecule has 2 heterocycles. The van der Waals surface area contributed by atoms with Gasteiger partial charge in [-0.2, -0.15) is 0 Å². The van der Waals surface area contributed by atoms with Crippen LogP contribution in [0.15, 0.2) is 119 Å². The number of fused-ring (bicyclic) bond motifs is 7. The van der Waals surface area contributed by atoms with E-state index in [4.69, 9.17) is 0 Å². The number of hydrogen-bond acceptors (Lipinski definition) is 2. The Morgan fingerprint density at radius 2 is 1.21 bits per heavy atom. The second-order valence-corrected chi connectivity index (χ2v) is 10.5. The molecule has 1 unspecified atom stereocenters. The Morgan fingerprint density at radius 1 is 0.579 bits per heavy atom. The van der Waals surface area contributed by atoms with E-state index in [2.05, 4.69) is 65.9 Å². The second-order valence-electron chi connectivity index (χ2n) is 10.5. The van der Waals surface area contributed by atoms with Crippen LogP contribution in [-0.4, -0.2) is 4.40 Å². The lowest BCUT2D eigenvalue weighted by Gasteiger charge is -2.39. The molecule has 0 spiro atoms. The van der Waals surface area contributed by atoms with Gasteiger partial charge >= 0.3 is 0 Å². The Kier molecular flexibility index (Phi) is 4.15. The first-order valence-corrected chi connectivity index (χ1v) is 13.0. The van der Waals surface area contributed by atoms with Crippen LogP contribution in [0.3, 0.4) is 0 Å². The van der Waals surface area contributed by atoms with Crippen LogP contribution in [0.25, 0.3) is 38.1 Å². The third-order valence-electron chi connectivity index (χ3n) is 8.70. The summed E-state index contributed by atoms with van der Waals surface area (Å²) in [5, 5.41) is 2.52. The van der Waals surface area contributed by atoms with E-state index in [-0.39, 0.29) is 10.9 Å². The Morgan fingerprint density at radius 3 is 2.03 bits per heavy atom. The number of rotatable bonds is 1. The zero-order valence-electron chi connectivity index (χ0n) is 20.9. The van der Waals surface area contributed by atoms with Crippen LogP contribution >= 0.6 is 0 Å². The molecule has 0 N–H and O–H groups in total. The van der Waals surface area contributed by atoms with Crippen LogP contribution in [0.1, 0.15) is 34.7 Å². The molecule has 1 atom stereocenters. The Bertz CT molecular complexity index is 2200. The summed E-state index contributed by atoms with van der Waals surface area (Å²) in [5.41, 5.74) is 8.10. The molecular formula is C35H23NO2. The topological polar surface area (TPSA) is 38.5 Å². The van der Waals surface area contributed by atoms with E-state index < -0.39 is 5.41 Å². The van der Waals surface area contributed by atoms with Gasteiger partial charge in [0.25, 0.3) is 0 Å². The Balaban J connectivity index is 1.66. The monoisotopic (exact) mass is 489 g/mol. The molecule has 1 aliphatic rings. The maximum Gasteiger partial charge on any atom is 0.197 e. The molecule has 0 saturated carbocycles. The minimum absolute atomic E-state index is 0.0247.